The standard InChI is InChI=1S/C13H20N2/c1-5-11-8-15(4)12-7-6-9(2)10(3)13(12)14-11/h6-7,11,14H,5,8H2,1-4H3. The number of benzene rings is 1. The predicted molar refractivity (Wildman–Crippen MR) is 66.9 cm³/mol. The Kier molecular flexibility index (Phi) is 2.59. The summed E-state index contributed by atoms with van der Waals surface area (Å²) in [7, 11) is 2.18. The summed E-state index contributed by atoms with van der Waals surface area (Å²) in [6.45, 7) is 7.72. The van der Waals surface area contributed by atoms with E-state index < -0.39 is 0 Å². The first-order chi connectivity index (χ1) is 7.13. The van der Waals surface area contributed by atoms with Crippen molar-refractivity contribution in [1.29, 1.82) is 0 Å². The van der Waals surface area contributed by atoms with Gasteiger partial charge in [-0.1, -0.05) is 13.0 Å². The fraction of sp³-hybridized carbons (Fsp3) is 0.538. The van der Waals surface area contributed by atoms with Crippen LogP contribution >= 0.6 is 0 Å². The molecular weight excluding hydrogens is 184 g/mol. The molecule has 2 nitrogen and oxygen atoms in total. The van der Waals surface area contributed by atoms with Gasteiger partial charge in [-0.15, -0.1) is 0 Å². The Labute approximate surface area is 92.3 Å². The van der Waals surface area contributed by atoms with Crippen molar-refractivity contribution in [1.82, 2.24) is 0 Å². The highest BCUT2D eigenvalue weighted by Crippen LogP contribution is 2.34. The number of nitrogens with one attached hydrogen (secondary N) is 1. The van der Waals surface area contributed by atoms with Gasteiger partial charge in [0, 0.05) is 19.6 Å². The quantitative estimate of drug-likeness (QED) is 0.756. The van der Waals surface area contributed by atoms with Crippen LogP contribution in [-0.4, -0.2) is 19.6 Å². The molecule has 2 rings (SSSR count). The van der Waals surface area contributed by atoms with E-state index in [0.717, 1.165) is 6.54 Å². The molecule has 0 bridgehead atoms. The van der Waals surface area contributed by atoms with E-state index in [1.54, 1.807) is 0 Å². The van der Waals surface area contributed by atoms with Crippen molar-refractivity contribution in [3.05, 3.63) is 23.3 Å². The Hall–Kier alpha value is -1.18. The Bertz CT molecular complexity index is 371. The number of hydrogen-bond acceptors (Lipinski definition) is 2. The van der Waals surface area contributed by atoms with Crippen LogP contribution in [0.25, 0.3) is 0 Å². The summed E-state index contributed by atoms with van der Waals surface area (Å²) in [6.07, 6.45) is 1.18. The Morgan fingerprint density at radius 3 is 2.80 bits per heavy atom. The van der Waals surface area contributed by atoms with Crippen LogP contribution in [0.5, 0.6) is 0 Å². The third-order valence-corrected chi connectivity index (χ3v) is 3.46. The van der Waals surface area contributed by atoms with Crippen molar-refractivity contribution in [3.63, 3.8) is 0 Å². The van der Waals surface area contributed by atoms with Gasteiger partial charge < -0.3 is 10.2 Å². The zero-order valence-corrected chi connectivity index (χ0v) is 10.1. The van der Waals surface area contributed by atoms with E-state index in [9.17, 15) is 0 Å². The minimum atomic E-state index is 0.586. The number of aryl methyl sites for hydroxylation is 1. The maximum Gasteiger partial charge on any atom is 0.0613 e. The van der Waals surface area contributed by atoms with Crippen molar-refractivity contribution in [2.75, 3.05) is 23.8 Å². The average Bonchev–Trinajstić information content (AvgIpc) is 2.23. The highest BCUT2D eigenvalue weighted by atomic mass is 15.2. The third-order valence-electron chi connectivity index (χ3n) is 3.46. The van der Waals surface area contributed by atoms with E-state index in [0.29, 0.717) is 6.04 Å². The van der Waals surface area contributed by atoms with Crippen molar-refractivity contribution in [2.24, 2.45) is 0 Å². The summed E-state index contributed by atoms with van der Waals surface area (Å²) < 4.78 is 0. The largest absolute Gasteiger partial charge is 0.379 e. The van der Waals surface area contributed by atoms with Gasteiger partial charge in [-0.25, -0.2) is 0 Å². The molecule has 0 amide bonds. The lowest BCUT2D eigenvalue weighted by atomic mass is 10.0. The lowest BCUT2D eigenvalue weighted by Crippen LogP contribution is -2.39. The molecule has 1 aromatic rings. The number of likely N-dealkylation sites (N-methyl/N-ethyl adjacent to an activating group) is 1. The number of nitrogens with zero attached hydrogens (tertiary/aromatic N) is 1. The van der Waals surface area contributed by atoms with Crippen LogP contribution in [0.1, 0.15) is 24.5 Å². The average molecular weight is 204 g/mol. The molecule has 1 unspecified atom stereocenters. The van der Waals surface area contributed by atoms with Crippen molar-refractivity contribution < 1.29 is 0 Å². The minimum Gasteiger partial charge on any atom is -0.379 e. The van der Waals surface area contributed by atoms with Crippen LogP contribution in [0.4, 0.5) is 11.4 Å². The smallest absolute Gasteiger partial charge is 0.0613 e. The molecule has 0 aromatic heterocycles. The molecule has 0 aliphatic carbocycles. The maximum atomic E-state index is 3.64. The van der Waals surface area contributed by atoms with E-state index in [4.69, 9.17) is 0 Å². The molecule has 0 fully saturated rings. The molecule has 2 heteroatoms. The molecule has 1 aliphatic heterocycles. The summed E-state index contributed by atoms with van der Waals surface area (Å²) in [4.78, 5) is 2.35. The monoisotopic (exact) mass is 204 g/mol. The molecule has 1 N–H and O–H groups in total. The van der Waals surface area contributed by atoms with Gasteiger partial charge in [-0.3, -0.25) is 0 Å². The first-order valence-electron chi connectivity index (χ1n) is 5.71. The molecular formula is C13H20N2. The number of fused-ring (bicyclic) bond motifs is 1. The summed E-state index contributed by atoms with van der Waals surface area (Å²) in [6, 6.07) is 5.01. The Morgan fingerprint density at radius 2 is 2.13 bits per heavy atom. The van der Waals surface area contributed by atoms with Gasteiger partial charge >= 0.3 is 0 Å². The predicted octanol–water partition coefficient (Wildman–Crippen LogP) is 2.94. The van der Waals surface area contributed by atoms with E-state index in [1.807, 2.05) is 0 Å². The molecule has 0 spiro atoms. The molecule has 0 saturated carbocycles. The fourth-order valence-corrected chi connectivity index (χ4v) is 2.21. The Balaban J connectivity index is 2.46. The summed E-state index contributed by atoms with van der Waals surface area (Å²) in [5.74, 6) is 0. The zero-order valence-electron chi connectivity index (χ0n) is 10.1. The van der Waals surface area contributed by atoms with Crippen molar-refractivity contribution in [3.8, 4) is 0 Å². The second kappa shape index (κ2) is 3.76. The van der Waals surface area contributed by atoms with Gasteiger partial charge in [-0.05, 0) is 37.5 Å². The summed E-state index contributed by atoms with van der Waals surface area (Å²) in [5.41, 5.74) is 5.42. The van der Waals surface area contributed by atoms with Crippen LogP contribution in [0, 0.1) is 13.8 Å². The molecule has 0 saturated heterocycles. The van der Waals surface area contributed by atoms with Gasteiger partial charge in [-0.2, -0.15) is 0 Å². The second-order valence-electron chi connectivity index (χ2n) is 4.53. The topological polar surface area (TPSA) is 15.3 Å². The van der Waals surface area contributed by atoms with Gasteiger partial charge in [0.1, 0.15) is 0 Å². The van der Waals surface area contributed by atoms with Crippen LogP contribution in [0.15, 0.2) is 12.1 Å². The van der Waals surface area contributed by atoms with Crippen LogP contribution < -0.4 is 10.2 Å². The van der Waals surface area contributed by atoms with E-state index >= 15 is 0 Å². The van der Waals surface area contributed by atoms with Crippen LogP contribution in [0.3, 0.4) is 0 Å². The van der Waals surface area contributed by atoms with Crippen molar-refractivity contribution >= 4 is 11.4 Å². The van der Waals surface area contributed by atoms with Crippen LogP contribution in [-0.2, 0) is 0 Å². The van der Waals surface area contributed by atoms with E-state index in [-0.39, 0.29) is 0 Å². The summed E-state index contributed by atoms with van der Waals surface area (Å²) >= 11 is 0. The van der Waals surface area contributed by atoms with Gasteiger partial charge in [0.15, 0.2) is 0 Å². The maximum absolute atomic E-state index is 3.64. The highest BCUT2D eigenvalue weighted by molar-refractivity contribution is 5.76. The minimum absolute atomic E-state index is 0.586. The molecule has 1 aromatic carbocycles. The Morgan fingerprint density at radius 1 is 1.40 bits per heavy atom. The molecule has 1 aliphatic rings. The van der Waals surface area contributed by atoms with Gasteiger partial charge in [0.05, 0.1) is 11.4 Å². The SMILES string of the molecule is CCC1CN(C)c2ccc(C)c(C)c2N1. The second-order valence-corrected chi connectivity index (χ2v) is 4.53. The lowest BCUT2D eigenvalue weighted by Gasteiger charge is -2.35. The number of rotatable bonds is 1. The van der Waals surface area contributed by atoms with E-state index in [2.05, 4.69) is 50.2 Å². The normalized spacial score (nSPS) is 19.7. The molecule has 0 radical (unpaired) electrons. The van der Waals surface area contributed by atoms with Gasteiger partial charge in [0.2, 0.25) is 0 Å². The van der Waals surface area contributed by atoms with Crippen molar-refractivity contribution in [2.45, 2.75) is 33.2 Å². The molecule has 82 valence electrons. The number of anilines is 2. The number of hydrogen-bond donors (Lipinski definition) is 1. The lowest BCUT2D eigenvalue weighted by molar-refractivity contribution is 0.661. The summed E-state index contributed by atoms with van der Waals surface area (Å²) in [5, 5.41) is 3.64. The molecule has 15 heavy (non-hydrogen) atoms. The first kappa shape index (κ1) is 10.3. The fourth-order valence-electron chi connectivity index (χ4n) is 2.21. The van der Waals surface area contributed by atoms with Crippen LogP contribution in [0.2, 0.25) is 0 Å². The molecule has 1 heterocycles. The van der Waals surface area contributed by atoms with Gasteiger partial charge in [0.25, 0.3) is 0 Å². The third kappa shape index (κ3) is 1.69. The highest BCUT2D eigenvalue weighted by Gasteiger charge is 2.21. The zero-order chi connectivity index (χ0) is 11.0. The molecule has 1 atom stereocenters. The van der Waals surface area contributed by atoms with E-state index in [1.165, 1.54) is 28.9 Å². The first-order valence-corrected chi connectivity index (χ1v) is 5.71.